The van der Waals surface area contributed by atoms with Crippen molar-refractivity contribution in [3.8, 4) is 5.75 Å². The van der Waals surface area contributed by atoms with Gasteiger partial charge in [-0.3, -0.25) is 0 Å². The molecule has 0 aliphatic rings. The fourth-order valence-corrected chi connectivity index (χ4v) is 4.34. The Labute approximate surface area is 174 Å². The quantitative estimate of drug-likeness (QED) is 0.605. The van der Waals surface area contributed by atoms with Crippen LogP contribution in [0.4, 0.5) is 13.2 Å². The lowest BCUT2D eigenvalue weighted by Crippen LogP contribution is -2.23. The van der Waals surface area contributed by atoms with E-state index in [-0.39, 0.29) is 31.2 Å². The predicted octanol–water partition coefficient (Wildman–Crippen LogP) is 5.16. The highest BCUT2D eigenvalue weighted by molar-refractivity contribution is 7.99. The van der Waals surface area contributed by atoms with Crippen LogP contribution in [0.15, 0.2) is 51.1 Å². The molecule has 0 aromatic heterocycles. The zero-order chi connectivity index (χ0) is 22.0. The van der Waals surface area contributed by atoms with E-state index in [1.165, 1.54) is 32.0 Å². The van der Waals surface area contributed by atoms with E-state index in [9.17, 15) is 26.4 Å². The molecule has 158 valence electrons. The molecule has 1 N–H and O–H groups in total. The molecule has 0 saturated heterocycles. The van der Waals surface area contributed by atoms with Crippen LogP contribution in [0.5, 0.6) is 5.75 Å². The fraction of sp³-hybridized carbons (Fsp3) is 0.278. The number of halogens is 4. The summed E-state index contributed by atoms with van der Waals surface area (Å²) in [7, 11) is -3.50. The van der Waals surface area contributed by atoms with Crippen LogP contribution in [0.3, 0.4) is 0 Å². The number of alkyl halides is 3. The molecule has 2 aromatic carbocycles. The molecule has 0 bridgehead atoms. The maximum absolute atomic E-state index is 13.1. The Hall–Kier alpha value is -1.91. The lowest BCUT2D eigenvalue weighted by molar-refractivity contribution is -0.144. The number of rotatable bonds is 7. The normalized spacial score (nSPS) is 13.2. The first-order chi connectivity index (χ1) is 13.3. The highest BCUT2D eigenvalue weighted by atomic mass is 35.5. The summed E-state index contributed by atoms with van der Waals surface area (Å²) in [5, 5.41) is 9.02. The third-order valence-corrected chi connectivity index (χ3v) is 7.06. The van der Waals surface area contributed by atoms with Gasteiger partial charge in [0.1, 0.15) is 5.75 Å². The summed E-state index contributed by atoms with van der Waals surface area (Å²) < 4.78 is 68.4. The van der Waals surface area contributed by atoms with E-state index in [1.54, 1.807) is 0 Å². The molecule has 0 fully saturated rings. The second kappa shape index (κ2) is 8.85. The van der Waals surface area contributed by atoms with Gasteiger partial charge in [0.2, 0.25) is 0 Å². The van der Waals surface area contributed by atoms with Crippen LogP contribution in [0.25, 0.3) is 0 Å². The Morgan fingerprint density at radius 1 is 1.21 bits per heavy atom. The molecule has 1 unspecified atom stereocenters. The molecule has 1 atom stereocenters. The first-order valence-corrected chi connectivity index (χ1v) is 11.0. The number of aliphatic carboxylic acids is 1. The van der Waals surface area contributed by atoms with E-state index in [0.717, 1.165) is 30.0 Å². The van der Waals surface area contributed by atoms with Gasteiger partial charge in [-0.15, -0.1) is 0 Å². The Bertz CT molecular complexity index is 1020. The van der Waals surface area contributed by atoms with Gasteiger partial charge < -0.3 is 9.84 Å². The number of hydrogen-bond acceptors (Lipinski definition) is 5. The van der Waals surface area contributed by atoms with Gasteiger partial charge in [0.05, 0.1) is 26.1 Å². The fourth-order valence-electron chi connectivity index (χ4n) is 2.15. The van der Waals surface area contributed by atoms with E-state index in [2.05, 4.69) is 0 Å². The number of hydrogen-bond donors (Lipinski definition) is 1. The van der Waals surface area contributed by atoms with Crippen LogP contribution in [0, 0.1) is 0 Å². The molecule has 0 saturated carbocycles. The molecule has 0 aliphatic heterocycles. The summed E-state index contributed by atoms with van der Waals surface area (Å²) in [6, 6.07) is 6.54. The molecule has 29 heavy (non-hydrogen) atoms. The molecule has 0 heterocycles. The Kier molecular flexibility index (Phi) is 7.13. The minimum atomic E-state index is -4.62. The molecule has 11 heteroatoms. The van der Waals surface area contributed by atoms with Gasteiger partial charge in [0.25, 0.3) is 0 Å². The van der Waals surface area contributed by atoms with E-state index < -0.39 is 33.7 Å². The summed E-state index contributed by atoms with van der Waals surface area (Å²) >= 11 is 6.95. The van der Waals surface area contributed by atoms with Crippen molar-refractivity contribution in [2.45, 2.75) is 40.8 Å². The summed E-state index contributed by atoms with van der Waals surface area (Å²) in [5.74, 6) is -1.48. The average Bonchev–Trinajstić information content (AvgIpc) is 2.63. The van der Waals surface area contributed by atoms with Crippen molar-refractivity contribution in [2.24, 2.45) is 0 Å². The molecule has 0 spiro atoms. The van der Waals surface area contributed by atoms with E-state index in [4.69, 9.17) is 21.4 Å². The maximum Gasteiger partial charge on any atom is 0.416 e. The topological polar surface area (TPSA) is 80.7 Å². The zero-order valence-electron chi connectivity index (χ0n) is 15.2. The predicted molar refractivity (Wildman–Crippen MR) is 102 cm³/mol. The molecule has 0 radical (unpaired) electrons. The highest BCUT2D eigenvalue weighted by Crippen LogP contribution is 2.42. The highest BCUT2D eigenvalue weighted by Gasteiger charge is 2.32. The summed E-state index contributed by atoms with van der Waals surface area (Å²) in [6.07, 6.45) is -5.91. The van der Waals surface area contributed by atoms with Gasteiger partial charge in [-0.1, -0.05) is 30.3 Å². The maximum atomic E-state index is 13.1. The van der Waals surface area contributed by atoms with Gasteiger partial charge in [-0.05, 0) is 43.3 Å². The lowest BCUT2D eigenvalue weighted by Gasteiger charge is -2.17. The number of carboxylic acids is 1. The SMILES string of the molecule is CCS(=O)(=O)c1ccc(Sc2cc(C(F)(F)F)ccc2OC(C)C(=O)O)c(Cl)c1. The molecule has 2 aromatic rings. The van der Waals surface area contributed by atoms with Crippen LogP contribution >= 0.6 is 23.4 Å². The van der Waals surface area contributed by atoms with Gasteiger partial charge in [0, 0.05) is 4.90 Å². The standard InChI is InChI=1S/C18H16ClF3O5S2/c1-3-29(25,26)12-5-7-15(13(19)9-12)28-16-8-11(18(20,21)22)4-6-14(16)27-10(2)17(23)24/h4-10H,3H2,1-2H3,(H,23,24). The summed E-state index contributed by atoms with van der Waals surface area (Å²) in [5.41, 5.74) is -0.948. The monoisotopic (exact) mass is 468 g/mol. The van der Waals surface area contributed by atoms with Crippen molar-refractivity contribution in [2.75, 3.05) is 5.75 Å². The minimum Gasteiger partial charge on any atom is -0.479 e. The van der Waals surface area contributed by atoms with Crippen LogP contribution < -0.4 is 4.74 Å². The number of sulfone groups is 1. The summed E-state index contributed by atoms with van der Waals surface area (Å²) in [6.45, 7) is 2.72. The zero-order valence-corrected chi connectivity index (χ0v) is 17.5. The van der Waals surface area contributed by atoms with E-state index in [0.29, 0.717) is 0 Å². The van der Waals surface area contributed by atoms with Crippen molar-refractivity contribution in [1.29, 1.82) is 0 Å². The first kappa shape index (κ1) is 23.4. The smallest absolute Gasteiger partial charge is 0.416 e. The van der Waals surface area contributed by atoms with Gasteiger partial charge in [-0.2, -0.15) is 13.2 Å². The number of ether oxygens (including phenoxy) is 1. The van der Waals surface area contributed by atoms with E-state index >= 15 is 0 Å². The second-order valence-corrected chi connectivity index (χ2v) is 9.62. The van der Waals surface area contributed by atoms with Gasteiger partial charge in [0.15, 0.2) is 15.9 Å². The molecular formula is C18H16ClF3O5S2. The van der Waals surface area contributed by atoms with Crippen LogP contribution in [-0.4, -0.2) is 31.4 Å². The van der Waals surface area contributed by atoms with Crippen molar-refractivity contribution >= 4 is 39.2 Å². The second-order valence-electron chi connectivity index (χ2n) is 5.86. The molecular weight excluding hydrogens is 453 g/mol. The third kappa shape index (κ3) is 5.80. The van der Waals surface area contributed by atoms with Crippen molar-refractivity contribution in [3.63, 3.8) is 0 Å². The number of benzene rings is 2. The first-order valence-electron chi connectivity index (χ1n) is 8.16. The van der Waals surface area contributed by atoms with Crippen LogP contribution in [-0.2, 0) is 20.8 Å². The molecule has 5 nitrogen and oxygen atoms in total. The van der Waals surface area contributed by atoms with Crippen molar-refractivity contribution < 1.29 is 36.2 Å². The van der Waals surface area contributed by atoms with Gasteiger partial charge >= 0.3 is 12.1 Å². The lowest BCUT2D eigenvalue weighted by atomic mass is 10.2. The van der Waals surface area contributed by atoms with Gasteiger partial charge in [-0.25, -0.2) is 13.2 Å². The Morgan fingerprint density at radius 3 is 2.38 bits per heavy atom. The Balaban J connectivity index is 2.47. The van der Waals surface area contributed by atoms with Crippen molar-refractivity contribution in [3.05, 3.63) is 47.0 Å². The molecule has 2 rings (SSSR count). The number of carboxylic acid groups (broad SMARTS) is 1. The summed E-state index contributed by atoms with van der Waals surface area (Å²) in [4.78, 5) is 11.3. The molecule has 0 amide bonds. The van der Waals surface area contributed by atoms with Crippen molar-refractivity contribution in [1.82, 2.24) is 0 Å². The van der Waals surface area contributed by atoms with E-state index in [1.807, 2.05) is 0 Å². The third-order valence-electron chi connectivity index (χ3n) is 3.78. The largest absolute Gasteiger partial charge is 0.479 e. The Morgan fingerprint density at radius 2 is 1.86 bits per heavy atom. The van der Waals surface area contributed by atoms with Crippen LogP contribution in [0.1, 0.15) is 19.4 Å². The minimum absolute atomic E-state index is 0.00522. The average molecular weight is 469 g/mol. The van der Waals surface area contributed by atoms with Crippen LogP contribution in [0.2, 0.25) is 5.02 Å². The molecule has 0 aliphatic carbocycles. The number of carbonyl (C=O) groups is 1.